The Labute approximate surface area is 85.4 Å². The van der Waals surface area contributed by atoms with Gasteiger partial charge in [0.05, 0.1) is 0 Å². The molecule has 2 rings (SSSR count). The van der Waals surface area contributed by atoms with Gasteiger partial charge < -0.3 is 0 Å². The van der Waals surface area contributed by atoms with Crippen LogP contribution in [0.25, 0.3) is 0 Å². The highest BCUT2D eigenvalue weighted by molar-refractivity contribution is 5.23. The smallest absolute Gasteiger partial charge is 0.104 e. The van der Waals surface area contributed by atoms with E-state index in [0.29, 0.717) is 0 Å². The van der Waals surface area contributed by atoms with Crippen molar-refractivity contribution in [1.82, 2.24) is 5.06 Å². The van der Waals surface area contributed by atoms with Crippen LogP contribution in [-0.4, -0.2) is 18.7 Å². The van der Waals surface area contributed by atoms with E-state index in [4.69, 9.17) is 4.84 Å². The predicted octanol–water partition coefficient (Wildman–Crippen LogP) is 2.69. The topological polar surface area (TPSA) is 12.5 Å². The Balaban J connectivity index is 2.10. The minimum absolute atomic E-state index is 0.259. The lowest BCUT2D eigenvalue weighted by atomic mass is 10.0. The fourth-order valence-electron chi connectivity index (χ4n) is 1.83. The van der Waals surface area contributed by atoms with E-state index >= 15 is 0 Å². The van der Waals surface area contributed by atoms with Crippen molar-refractivity contribution in [3.8, 4) is 0 Å². The van der Waals surface area contributed by atoms with Crippen LogP contribution in [0, 0.1) is 6.92 Å². The van der Waals surface area contributed by atoms with Gasteiger partial charge in [-0.1, -0.05) is 29.8 Å². The van der Waals surface area contributed by atoms with Crippen molar-refractivity contribution in [3.05, 3.63) is 35.4 Å². The molecule has 0 amide bonds. The van der Waals surface area contributed by atoms with Crippen molar-refractivity contribution in [2.75, 3.05) is 13.6 Å². The lowest BCUT2D eigenvalue weighted by molar-refractivity contribution is -0.208. The largest absolute Gasteiger partial charge is 0.291 e. The zero-order valence-electron chi connectivity index (χ0n) is 8.86. The van der Waals surface area contributed by atoms with Crippen LogP contribution in [-0.2, 0) is 4.84 Å². The molecule has 0 bridgehead atoms. The van der Waals surface area contributed by atoms with Gasteiger partial charge >= 0.3 is 0 Å². The van der Waals surface area contributed by atoms with Gasteiger partial charge in [0.15, 0.2) is 0 Å². The molecule has 2 nitrogen and oxygen atoms in total. The molecule has 0 saturated carbocycles. The Morgan fingerprint density at radius 3 is 2.64 bits per heavy atom. The number of benzene rings is 1. The number of rotatable bonds is 1. The van der Waals surface area contributed by atoms with Gasteiger partial charge in [-0.15, -0.1) is 0 Å². The molecule has 1 fully saturated rings. The zero-order chi connectivity index (χ0) is 9.97. The van der Waals surface area contributed by atoms with Crippen LogP contribution in [0.2, 0.25) is 0 Å². The van der Waals surface area contributed by atoms with Crippen LogP contribution in [0.3, 0.4) is 0 Å². The molecule has 1 aromatic carbocycles. The van der Waals surface area contributed by atoms with Gasteiger partial charge in [-0.25, -0.2) is 0 Å². The molecule has 0 unspecified atom stereocenters. The monoisotopic (exact) mass is 191 g/mol. The third-order valence-corrected chi connectivity index (χ3v) is 2.70. The molecule has 1 aliphatic heterocycles. The van der Waals surface area contributed by atoms with E-state index in [-0.39, 0.29) is 6.10 Å². The summed E-state index contributed by atoms with van der Waals surface area (Å²) >= 11 is 0. The highest BCUT2D eigenvalue weighted by atomic mass is 16.7. The Bertz CT molecular complexity index is 294. The fourth-order valence-corrected chi connectivity index (χ4v) is 1.83. The van der Waals surface area contributed by atoms with Crippen molar-refractivity contribution in [2.45, 2.75) is 25.9 Å². The standard InChI is InChI=1S/C12H17NO/c1-10-5-7-11(8-6-10)12-4-3-9-13(2)14-12/h5-8,12H,3-4,9H2,1-2H3/t12-/m0/s1. The van der Waals surface area contributed by atoms with Gasteiger partial charge in [-0.2, -0.15) is 5.06 Å². The van der Waals surface area contributed by atoms with Crippen LogP contribution in [0.15, 0.2) is 24.3 Å². The van der Waals surface area contributed by atoms with E-state index in [0.717, 1.165) is 13.0 Å². The molecule has 14 heavy (non-hydrogen) atoms. The fraction of sp³-hybridized carbons (Fsp3) is 0.500. The van der Waals surface area contributed by atoms with Gasteiger partial charge in [0.1, 0.15) is 6.10 Å². The van der Waals surface area contributed by atoms with E-state index in [2.05, 4.69) is 31.2 Å². The quantitative estimate of drug-likeness (QED) is 0.676. The second-order valence-electron chi connectivity index (χ2n) is 4.00. The molecular formula is C12H17NO. The Morgan fingerprint density at radius 2 is 2.00 bits per heavy atom. The SMILES string of the molecule is Cc1ccc([C@@H]2CCCN(C)O2)cc1. The highest BCUT2D eigenvalue weighted by Crippen LogP contribution is 2.27. The molecule has 0 aliphatic carbocycles. The van der Waals surface area contributed by atoms with Gasteiger partial charge in [-0.05, 0) is 25.3 Å². The summed E-state index contributed by atoms with van der Waals surface area (Å²) in [5.74, 6) is 0. The van der Waals surface area contributed by atoms with E-state index in [9.17, 15) is 0 Å². The molecule has 1 saturated heterocycles. The number of aryl methyl sites for hydroxylation is 1. The lowest BCUT2D eigenvalue weighted by Crippen LogP contribution is -2.28. The molecule has 0 radical (unpaired) electrons. The minimum atomic E-state index is 0.259. The number of hydrogen-bond donors (Lipinski definition) is 0. The van der Waals surface area contributed by atoms with E-state index in [1.54, 1.807) is 0 Å². The van der Waals surface area contributed by atoms with Gasteiger partial charge in [0.2, 0.25) is 0 Å². The maximum atomic E-state index is 5.75. The summed E-state index contributed by atoms with van der Waals surface area (Å²) in [5, 5.41) is 1.94. The first kappa shape index (κ1) is 9.69. The van der Waals surface area contributed by atoms with E-state index in [1.165, 1.54) is 17.5 Å². The molecule has 1 atom stereocenters. The van der Waals surface area contributed by atoms with Gasteiger partial charge in [0.25, 0.3) is 0 Å². The molecular weight excluding hydrogens is 174 g/mol. The van der Waals surface area contributed by atoms with Crippen molar-refractivity contribution >= 4 is 0 Å². The maximum Gasteiger partial charge on any atom is 0.104 e. The van der Waals surface area contributed by atoms with Crippen LogP contribution < -0.4 is 0 Å². The summed E-state index contributed by atoms with van der Waals surface area (Å²) in [6.45, 7) is 3.15. The van der Waals surface area contributed by atoms with Crippen LogP contribution in [0.5, 0.6) is 0 Å². The number of hydrogen-bond acceptors (Lipinski definition) is 2. The Morgan fingerprint density at radius 1 is 1.29 bits per heavy atom. The molecule has 0 aromatic heterocycles. The average Bonchev–Trinajstić information content (AvgIpc) is 2.19. The van der Waals surface area contributed by atoms with Crippen molar-refractivity contribution in [3.63, 3.8) is 0 Å². The van der Waals surface area contributed by atoms with Crippen molar-refractivity contribution < 1.29 is 4.84 Å². The van der Waals surface area contributed by atoms with Gasteiger partial charge in [-0.3, -0.25) is 4.84 Å². The lowest BCUT2D eigenvalue weighted by Gasteiger charge is -2.29. The minimum Gasteiger partial charge on any atom is -0.291 e. The first-order chi connectivity index (χ1) is 6.75. The van der Waals surface area contributed by atoms with Crippen molar-refractivity contribution in [1.29, 1.82) is 0 Å². The Kier molecular flexibility index (Phi) is 2.85. The second kappa shape index (κ2) is 4.11. The molecule has 1 aromatic rings. The zero-order valence-corrected chi connectivity index (χ0v) is 8.86. The number of hydroxylamine groups is 2. The third-order valence-electron chi connectivity index (χ3n) is 2.70. The highest BCUT2D eigenvalue weighted by Gasteiger charge is 2.19. The third kappa shape index (κ3) is 2.14. The maximum absolute atomic E-state index is 5.75. The van der Waals surface area contributed by atoms with Crippen LogP contribution >= 0.6 is 0 Å². The number of nitrogens with zero attached hydrogens (tertiary/aromatic N) is 1. The summed E-state index contributed by atoms with van der Waals surface area (Å²) in [4.78, 5) is 5.75. The average molecular weight is 191 g/mol. The molecule has 1 aliphatic rings. The predicted molar refractivity (Wildman–Crippen MR) is 56.9 cm³/mol. The van der Waals surface area contributed by atoms with E-state index < -0.39 is 0 Å². The first-order valence-corrected chi connectivity index (χ1v) is 5.20. The normalized spacial score (nSPS) is 23.7. The first-order valence-electron chi connectivity index (χ1n) is 5.20. The summed E-state index contributed by atoms with van der Waals surface area (Å²) < 4.78 is 0. The van der Waals surface area contributed by atoms with E-state index in [1.807, 2.05) is 12.1 Å². The molecule has 0 spiro atoms. The molecule has 0 N–H and O–H groups in total. The summed E-state index contributed by atoms with van der Waals surface area (Å²) in [6, 6.07) is 8.62. The molecule has 2 heteroatoms. The Hall–Kier alpha value is -0.860. The van der Waals surface area contributed by atoms with Crippen LogP contribution in [0.1, 0.15) is 30.1 Å². The van der Waals surface area contributed by atoms with Gasteiger partial charge in [0, 0.05) is 13.6 Å². The van der Waals surface area contributed by atoms with Crippen molar-refractivity contribution in [2.24, 2.45) is 0 Å². The summed E-state index contributed by atoms with van der Waals surface area (Å²) in [5.41, 5.74) is 2.60. The summed E-state index contributed by atoms with van der Waals surface area (Å²) in [6.07, 6.45) is 2.61. The molecule has 76 valence electrons. The summed E-state index contributed by atoms with van der Waals surface area (Å²) in [7, 11) is 2.00. The van der Waals surface area contributed by atoms with Crippen LogP contribution in [0.4, 0.5) is 0 Å². The molecule has 1 heterocycles. The second-order valence-corrected chi connectivity index (χ2v) is 4.00.